The van der Waals surface area contributed by atoms with Crippen LogP contribution in [0.3, 0.4) is 0 Å². The van der Waals surface area contributed by atoms with Crippen LogP contribution in [0.15, 0.2) is 66.1 Å². The second-order valence-corrected chi connectivity index (χ2v) is 7.77. The number of ether oxygens (including phenoxy) is 2. The number of anilines is 1. The molecule has 1 atom stereocenters. The van der Waals surface area contributed by atoms with E-state index in [1.54, 1.807) is 4.68 Å². The Hall–Kier alpha value is -3.61. The predicted molar refractivity (Wildman–Crippen MR) is 122 cm³/mol. The van der Waals surface area contributed by atoms with Crippen molar-refractivity contribution >= 4 is 11.9 Å². The highest BCUT2D eigenvalue weighted by atomic mass is 16.5. The van der Waals surface area contributed by atoms with E-state index in [2.05, 4.69) is 41.4 Å². The molecule has 1 aliphatic rings. The summed E-state index contributed by atoms with van der Waals surface area (Å²) in [7, 11) is 0. The third-order valence-corrected chi connectivity index (χ3v) is 5.36. The first-order chi connectivity index (χ1) is 15.6. The summed E-state index contributed by atoms with van der Waals surface area (Å²) in [5.74, 6) is 1.04. The molecule has 0 aliphatic carbocycles. The first-order valence-electron chi connectivity index (χ1n) is 11.0. The fraction of sp³-hybridized carbons (Fsp3) is 0.320. The van der Waals surface area contributed by atoms with Gasteiger partial charge in [-0.25, -0.2) is 9.48 Å². The van der Waals surface area contributed by atoms with Gasteiger partial charge in [-0.1, -0.05) is 55.3 Å². The summed E-state index contributed by atoms with van der Waals surface area (Å²) in [5.41, 5.74) is 4.64. The molecule has 32 heavy (non-hydrogen) atoms. The summed E-state index contributed by atoms with van der Waals surface area (Å²) in [6.45, 7) is 6.76. The lowest BCUT2D eigenvalue weighted by Crippen LogP contribution is -2.30. The number of esters is 1. The second-order valence-electron chi connectivity index (χ2n) is 7.77. The summed E-state index contributed by atoms with van der Waals surface area (Å²) >= 11 is 0. The van der Waals surface area contributed by atoms with Crippen molar-refractivity contribution in [3.63, 3.8) is 0 Å². The van der Waals surface area contributed by atoms with E-state index in [0.29, 0.717) is 24.7 Å². The van der Waals surface area contributed by atoms with Crippen LogP contribution < -0.4 is 10.1 Å². The number of hydrogen-bond acceptors (Lipinski definition) is 6. The lowest BCUT2D eigenvalue weighted by atomic mass is 9.94. The van der Waals surface area contributed by atoms with Crippen LogP contribution in [-0.4, -0.2) is 27.3 Å². The number of hydrogen-bond donors (Lipinski definition) is 1. The van der Waals surface area contributed by atoms with Gasteiger partial charge in [-0.15, -0.1) is 0 Å². The number of fused-ring (bicyclic) bond motifs is 1. The highest BCUT2D eigenvalue weighted by molar-refractivity contribution is 5.92. The molecular weight excluding hydrogens is 404 g/mol. The number of carbonyl (C=O) groups excluding carboxylic acids is 1. The highest BCUT2D eigenvalue weighted by Crippen LogP contribution is 2.37. The average Bonchev–Trinajstić information content (AvgIpc) is 3.26. The van der Waals surface area contributed by atoms with Gasteiger partial charge in [-0.05, 0) is 43.5 Å². The number of aryl methyl sites for hydroxylation is 1. The van der Waals surface area contributed by atoms with Gasteiger partial charge in [0.05, 0.1) is 12.2 Å². The van der Waals surface area contributed by atoms with E-state index < -0.39 is 6.04 Å². The fourth-order valence-electron chi connectivity index (χ4n) is 3.93. The molecule has 0 amide bonds. The number of rotatable bonds is 8. The number of nitrogens with zero attached hydrogens (tertiary/aromatic N) is 3. The molecule has 0 fully saturated rings. The normalized spacial score (nSPS) is 15.2. The summed E-state index contributed by atoms with van der Waals surface area (Å²) < 4.78 is 13.1. The molecule has 7 heteroatoms. The Labute approximate surface area is 188 Å². The number of carbonyl (C=O) groups is 1. The van der Waals surface area contributed by atoms with Crippen LogP contribution in [0.1, 0.15) is 49.4 Å². The average molecular weight is 433 g/mol. The van der Waals surface area contributed by atoms with Gasteiger partial charge in [-0.2, -0.15) is 10.1 Å². The zero-order valence-electron chi connectivity index (χ0n) is 18.7. The van der Waals surface area contributed by atoms with Crippen molar-refractivity contribution in [2.75, 3.05) is 11.9 Å². The van der Waals surface area contributed by atoms with E-state index in [9.17, 15) is 4.79 Å². The van der Waals surface area contributed by atoms with Crippen LogP contribution in [0.2, 0.25) is 0 Å². The topological polar surface area (TPSA) is 78.3 Å². The molecule has 2 aromatic carbocycles. The maximum absolute atomic E-state index is 12.9. The van der Waals surface area contributed by atoms with Gasteiger partial charge in [0.15, 0.2) is 0 Å². The minimum absolute atomic E-state index is 0.310. The van der Waals surface area contributed by atoms with Crippen molar-refractivity contribution in [3.05, 3.63) is 82.8 Å². The molecule has 1 aliphatic heterocycles. The Morgan fingerprint density at radius 3 is 2.69 bits per heavy atom. The van der Waals surface area contributed by atoms with E-state index in [1.165, 1.54) is 11.9 Å². The van der Waals surface area contributed by atoms with Crippen molar-refractivity contribution in [2.45, 2.75) is 46.3 Å². The molecule has 0 saturated carbocycles. The molecule has 0 bridgehead atoms. The fourth-order valence-corrected chi connectivity index (χ4v) is 3.93. The van der Waals surface area contributed by atoms with Crippen molar-refractivity contribution in [1.29, 1.82) is 0 Å². The summed E-state index contributed by atoms with van der Waals surface area (Å²) in [6, 6.07) is 15.6. The van der Waals surface area contributed by atoms with Crippen LogP contribution >= 0.6 is 0 Å². The molecule has 3 aromatic rings. The first kappa shape index (κ1) is 21.6. The molecule has 0 saturated heterocycles. The van der Waals surface area contributed by atoms with Gasteiger partial charge < -0.3 is 14.8 Å². The molecule has 0 unspecified atom stereocenters. The SMILES string of the molecule is CCCC1=C(C(=O)OCC)[C@@H](c2ccc(OCc3cccc(C)c3)cc2)n2ncnc2N1. The van der Waals surface area contributed by atoms with Crippen LogP contribution in [0.4, 0.5) is 5.95 Å². The van der Waals surface area contributed by atoms with E-state index in [-0.39, 0.29) is 5.97 Å². The number of nitrogens with one attached hydrogen (secondary N) is 1. The summed E-state index contributed by atoms with van der Waals surface area (Å²) in [5, 5.41) is 7.64. The Morgan fingerprint density at radius 1 is 1.16 bits per heavy atom. The molecule has 1 N–H and O–H groups in total. The molecule has 4 rings (SSSR count). The van der Waals surface area contributed by atoms with Crippen molar-refractivity contribution in [1.82, 2.24) is 14.8 Å². The molecule has 166 valence electrons. The Balaban J connectivity index is 1.63. The largest absolute Gasteiger partial charge is 0.489 e. The molecule has 7 nitrogen and oxygen atoms in total. The minimum atomic E-state index is -0.417. The van der Waals surface area contributed by atoms with Crippen molar-refractivity contribution in [2.24, 2.45) is 0 Å². The van der Waals surface area contributed by atoms with Crippen LogP contribution in [0.5, 0.6) is 5.75 Å². The van der Waals surface area contributed by atoms with Gasteiger partial charge in [-0.3, -0.25) is 0 Å². The molecule has 0 spiro atoms. The van der Waals surface area contributed by atoms with Crippen LogP contribution in [-0.2, 0) is 16.1 Å². The Kier molecular flexibility index (Phi) is 6.54. The molecular formula is C25H28N4O3. The van der Waals surface area contributed by atoms with E-state index in [4.69, 9.17) is 9.47 Å². The monoisotopic (exact) mass is 432 g/mol. The summed E-state index contributed by atoms with van der Waals surface area (Å²) in [4.78, 5) is 17.3. The third-order valence-electron chi connectivity index (χ3n) is 5.36. The highest BCUT2D eigenvalue weighted by Gasteiger charge is 2.35. The number of aromatic nitrogens is 3. The predicted octanol–water partition coefficient (Wildman–Crippen LogP) is 4.80. The zero-order valence-corrected chi connectivity index (χ0v) is 18.7. The van der Waals surface area contributed by atoms with Gasteiger partial charge in [0, 0.05) is 5.70 Å². The number of allylic oxidation sites excluding steroid dienone is 1. The molecule has 0 radical (unpaired) electrons. The smallest absolute Gasteiger partial charge is 0.338 e. The maximum atomic E-state index is 12.9. The van der Waals surface area contributed by atoms with Gasteiger partial charge in [0.1, 0.15) is 24.7 Å². The summed E-state index contributed by atoms with van der Waals surface area (Å²) in [6.07, 6.45) is 3.10. The van der Waals surface area contributed by atoms with Crippen molar-refractivity contribution < 1.29 is 14.3 Å². The Morgan fingerprint density at radius 2 is 1.97 bits per heavy atom. The Bertz CT molecular complexity index is 1120. The van der Waals surface area contributed by atoms with E-state index in [0.717, 1.165) is 35.4 Å². The lowest BCUT2D eigenvalue weighted by molar-refractivity contribution is -0.139. The van der Waals surface area contributed by atoms with Gasteiger partial charge in [0.25, 0.3) is 0 Å². The lowest BCUT2D eigenvalue weighted by Gasteiger charge is -2.29. The zero-order chi connectivity index (χ0) is 22.5. The number of benzene rings is 2. The second kappa shape index (κ2) is 9.68. The molecule has 1 aromatic heterocycles. The van der Waals surface area contributed by atoms with Crippen LogP contribution in [0.25, 0.3) is 0 Å². The molecule has 2 heterocycles. The van der Waals surface area contributed by atoms with Crippen molar-refractivity contribution in [3.8, 4) is 5.75 Å². The quantitative estimate of drug-likeness (QED) is 0.515. The van der Waals surface area contributed by atoms with Crippen LogP contribution in [0, 0.1) is 6.92 Å². The van der Waals surface area contributed by atoms with E-state index in [1.807, 2.05) is 43.3 Å². The third kappa shape index (κ3) is 4.51. The standard InChI is InChI=1S/C25H28N4O3/c1-4-7-21-22(24(30)31-5-2)23(29-25(28-21)26-16-27-29)19-10-12-20(13-11-19)32-15-18-9-6-8-17(3)14-18/h6,8-14,16,23H,4-5,7,15H2,1-3H3,(H,26,27,28)/t23-/m1/s1. The first-order valence-corrected chi connectivity index (χ1v) is 11.0. The van der Waals surface area contributed by atoms with Gasteiger partial charge in [0.2, 0.25) is 5.95 Å². The minimum Gasteiger partial charge on any atom is -0.489 e. The van der Waals surface area contributed by atoms with Gasteiger partial charge >= 0.3 is 5.97 Å². The van der Waals surface area contributed by atoms with E-state index >= 15 is 0 Å². The maximum Gasteiger partial charge on any atom is 0.338 e.